The van der Waals surface area contributed by atoms with Crippen molar-refractivity contribution in [1.82, 2.24) is 9.97 Å². The summed E-state index contributed by atoms with van der Waals surface area (Å²) in [6, 6.07) is 0. The first-order valence-electron chi connectivity index (χ1n) is 6.76. The van der Waals surface area contributed by atoms with Gasteiger partial charge < -0.3 is 10.6 Å². The van der Waals surface area contributed by atoms with E-state index in [-0.39, 0.29) is 0 Å². The molecule has 1 saturated heterocycles. The maximum atomic E-state index is 5.53. The minimum atomic E-state index is 0.418. The van der Waals surface area contributed by atoms with Crippen molar-refractivity contribution in [2.75, 3.05) is 18.0 Å². The predicted molar refractivity (Wildman–Crippen MR) is 74.3 cm³/mol. The van der Waals surface area contributed by atoms with Crippen LogP contribution in [0.1, 0.15) is 39.3 Å². The molecule has 100 valence electrons. The first kappa shape index (κ1) is 13.3. The molecular weight excluding hydrogens is 224 g/mol. The molecule has 0 atom stereocenters. The van der Waals surface area contributed by atoms with Crippen molar-refractivity contribution in [3.8, 4) is 0 Å². The van der Waals surface area contributed by atoms with Gasteiger partial charge in [-0.15, -0.1) is 0 Å². The number of nitrogens with two attached hydrogens (primary N) is 1. The number of hydrogen-bond acceptors (Lipinski definition) is 4. The molecule has 1 aliphatic rings. The van der Waals surface area contributed by atoms with Crippen LogP contribution in [0.4, 0.5) is 5.82 Å². The molecule has 0 amide bonds. The fraction of sp³-hybridized carbons (Fsp3) is 0.714. The van der Waals surface area contributed by atoms with E-state index >= 15 is 0 Å². The molecule has 0 radical (unpaired) electrons. The fourth-order valence-electron chi connectivity index (χ4n) is 2.59. The number of rotatable bonds is 2. The van der Waals surface area contributed by atoms with Crippen LogP contribution in [0.3, 0.4) is 0 Å². The lowest BCUT2D eigenvalue weighted by Crippen LogP contribution is -2.38. The molecule has 4 nitrogen and oxygen atoms in total. The molecule has 2 rings (SSSR count). The molecule has 1 aliphatic heterocycles. The SMILES string of the molecule is CC(C)(C)C1CCN(c2cnc(CN)cn2)CC1. The molecular formula is C14H24N4. The Bertz CT molecular complexity index is 372. The fourth-order valence-corrected chi connectivity index (χ4v) is 2.59. The summed E-state index contributed by atoms with van der Waals surface area (Å²) in [6.07, 6.45) is 6.11. The average Bonchev–Trinajstić information content (AvgIpc) is 2.38. The third-order valence-corrected chi connectivity index (χ3v) is 3.94. The Labute approximate surface area is 110 Å². The van der Waals surface area contributed by atoms with E-state index in [4.69, 9.17) is 5.73 Å². The summed E-state index contributed by atoms with van der Waals surface area (Å²) in [5, 5.41) is 0. The molecule has 1 aromatic rings. The van der Waals surface area contributed by atoms with Gasteiger partial charge in [-0.25, -0.2) is 4.98 Å². The number of aromatic nitrogens is 2. The summed E-state index contributed by atoms with van der Waals surface area (Å²) in [5.41, 5.74) is 6.80. The van der Waals surface area contributed by atoms with E-state index in [1.54, 1.807) is 6.20 Å². The van der Waals surface area contributed by atoms with Crippen LogP contribution in [0.2, 0.25) is 0 Å². The predicted octanol–water partition coefficient (Wildman–Crippen LogP) is 2.20. The van der Waals surface area contributed by atoms with Crippen molar-refractivity contribution in [3.05, 3.63) is 18.1 Å². The Morgan fingerprint density at radius 1 is 1.22 bits per heavy atom. The maximum absolute atomic E-state index is 5.53. The van der Waals surface area contributed by atoms with E-state index in [1.165, 1.54) is 12.8 Å². The molecule has 0 saturated carbocycles. The summed E-state index contributed by atoms with van der Waals surface area (Å²) in [7, 11) is 0. The van der Waals surface area contributed by atoms with Gasteiger partial charge in [-0.2, -0.15) is 0 Å². The minimum Gasteiger partial charge on any atom is -0.355 e. The van der Waals surface area contributed by atoms with Gasteiger partial charge in [-0.3, -0.25) is 4.98 Å². The smallest absolute Gasteiger partial charge is 0.147 e. The number of nitrogens with zero attached hydrogens (tertiary/aromatic N) is 3. The highest BCUT2D eigenvalue weighted by Crippen LogP contribution is 2.34. The molecule has 4 heteroatoms. The van der Waals surface area contributed by atoms with Crippen molar-refractivity contribution in [2.24, 2.45) is 17.1 Å². The Morgan fingerprint density at radius 2 is 1.89 bits per heavy atom. The molecule has 1 aromatic heterocycles. The second kappa shape index (κ2) is 5.22. The van der Waals surface area contributed by atoms with Crippen LogP contribution < -0.4 is 10.6 Å². The van der Waals surface area contributed by atoms with Crippen LogP contribution in [-0.4, -0.2) is 23.1 Å². The Hall–Kier alpha value is -1.16. The lowest BCUT2D eigenvalue weighted by Gasteiger charge is -2.39. The van der Waals surface area contributed by atoms with E-state index in [1.807, 2.05) is 6.20 Å². The summed E-state index contributed by atoms with van der Waals surface area (Å²) >= 11 is 0. The van der Waals surface area contributed by atoms with Gasteiger partial charge in [0.2, 0.25) is 0 Å². The van der Waals surface area contributed by atoms with Gasteiger partial charge in [-0.05, 0) is 24.2 Å². The highest BCUT2D eigenvalue weighted by Gasteiger charge is 2.29. The second-order valence-electron chi connectivity index (χ2n) is 6.20. The molecule has 0 aromatic carbocycles. The van der Waals surface area contributed by atoms with Crippen LogP contribution in [0, 0.1) is 11.3 Å². The van der Waals surface area contributed by atoms with E-state index in [0.29, 0.717) is 12.0 Å². The average molecular weight is 248 g/mol. The van der Waals surface area contributed by atoms with Gasteiger partial charge in [0.15, 0.2) is 0 Å². The maximum Gasteiger partial charge on any atom is 0.147 e. The highest BCUT2D eigenvalue weighted by atomic mass is 15.2. The van der Waals surface area contributed by atoms with Gasteiger partial charge in [0, 0.05) is 19.6 Å². The summed E-state index contributed by atoms with van der Waals surface area (Å²) < 4.78 is 0. The lowest BCUT2D eigenvalue weighted by molar-refractivity contribution is 0.198. The molecule has 0 spiro atoms. The van der Waals surface area contributed by atoms with E-state index in [2.05, 4.69) is 35.6 Å². The van der Waals surface area contributed by atoms with Crippen molar-refractivity contribution in [1.29, 1.82) is 0 Å². The van der Waals surface area contributed by atoms with Crippen LogP contribution in [0.5, 0.6) is 0 Å². The van der Waals surface area contributed by atoms with Crippen LogP contribution >= 0.6 is 0 Å². The third-order valence-electron chi connectivity index (χ3n) is 3.94. The Morgan fingerprint density at radius 3 is 2.33 bits per heavy atom. The largest absolute Gasteiger partial charge is 0.355 e. The third kappa shape index (κ3) is 2.99. The number of anilines is 1. The van der Waals surface area contributed by atoms with Crippen molar-refractivity contribution in [3.63, 3.8) is 0 Å². The second-order valence-corrected chi connectivity index (χ2v) is 6.20. The molecule has 0 aliphatic carbocycles. The molecule has 18 heavy (non-hydrogen) atoms. The van der Waals surface area contributed by atoms with Crippen molar-refractivity contribution < 1.29 is 0 Å². The summed E-state index contributed by atoms with van der Waals surface area (Å²) in [5.74, 6) is 1.80. The van der Waals surface area contributed by atoms with Gasteiger partial charge >= 0.3 is 0 Å². The van der Waals surface area contributed by atoms with Crippen molar-refractivity contribution in [2.45, 2.75) is 40.2 Å². The monoisotopic (exact) mass is 248 g/mol. The quantitative estimate of drug-likeness (QED) is 0.871. The molecule has 1 fully saturated rings. The normalized spacial score (nSPS) is 18.1. The molecule has 2 heterocycles. The Kier molecular flexibility index (Phi) is 3.85. The number of piperidine rings is 1. The Balaban J connectivity index is 1.96. The first-order valence-corrected chi connectivity index (χ1v) is 6.76. The van der Waals surface area contributed by atoms with E-state index < -0.39 is 0 Å². The van der Waals surface area contributed by atoms with Gasteiger partial charge in [0.25, 0.3) is 0 Å². The van der Waals surface area contributed by atoms with Gasteiger partial charge in [-0.1, -0.05) is 20.8 Å². The standard InChI is InChI=1S/C14H24N4/c1-14(2,3)11-4-6-18(7-5-11)13-10-16-12(8-15)9-17-13/h9-11H,4-8,15H2,1-3H3. The molecule has 0 bridgehead atoms. The van der Waals surface area contributed by atoms with E-state index in [0.717, 1.165) is 30.5 Å². The summed E-state index contributed by atoms with van der Waals surface area (Å²) in [4.78, 5) is 11.1. The lowest BCUT2D eigenvalue weighted by atomic mass is 9.75. The van der Waals surface area contributed by atoms with Crippen molar-refractivity contribution >= 4 is 5.82 Å². The van der Waals surface area contributed by atoms with E-state index in [9.17, 15) is 0 Å². The molecule has 2 N–H and O–H groups in total. The highest BCUT2D eigenvalue weighted by molar-refractivity contribution is 5.36. The van der Waals surface area contributed by atoms with Crippen LogP contribution in [0.25, 0.3) is 0 Å². The zero-order valence-electron chi connectivity index (χ0n) is 11.7. The van der Waals surface area contributed by atoms with Crippen LogP contribution in [-0.2, 0) is 6.54 Å². The van der Waals surface area contributed by atoms with Gasteiger partial charge in [0.05, 0.1) is 18.1 Å². The summed E-state index contributed by atoms with van der Waals surface area (Å²) in [6.45, 7) is 9.63. The topological polar surface area (TPSA) is 55.0 Å². The van der Waals surface area contributed by atoms with Gasteiger partial charge in [0.1, 0.15) is 5.82 Å². The first-order chi connectivity index (χ1) is 8.50. The zero-order valence-corrected chi connectivity index (χ0v) is 11.7. The number of hydrogen-bond donors (Lipinski definition) is 1. The minimum absolute atomic E-state index is 0.418. The molecule has 0 unspecified atom stereocenters. The van der Waals surface area contributed by atoms with Crippen LogP contribution in [0.15, 0.2) is 12.4 Å². The zero-order chi connectivity index (χ0) is 13.2.